The second-order valence-electron chi connectivity index (χ2n) is 5.10. The molecule has 16 heavy (non-hydrogen) atoms. The molecule has 1 N–H and O–H groups in total. The maximum absolute atomic E-state index is 5.16. The molecule has 1 fully saturated rings. The summed E-state index contributed by atoms with van der Waals surface area (Å²) in [6.07, 6.45) is 11.6. The van der Waals surface area contributed by atoms with Crippen molar-refractivity contribution in [3.63, 3.8) is 0 Å². The third-order valence-corrected chi connectivity index (χ3v) is 4.41. The highest BCUT2D eigenvalue weighted by Gasteiger charge is 2.38. The van der Waals surface area contributed by atoms with E-state index in [1.54, 1.807) is 6.26 Å². The highest BCUT2D eigenvalue weighted by Crippen LogP contribution is 2.44. The van der Waals surface area contributed by atoms with E-state index >= 15 is 0 Å². The molecule has 0 amide bonds. The zero-order valence-electron chi connectivity index (χ0n) is 10.5. The summed E-state index contributed by atoms with van der Waals surface area (Å²) in [5.41, 5.74) is 1.84. The van der Waals surface area contributed by atoms with Crippen LogP contribution in [0.2, 0.25) is 0 Å². The van der Waals surface area contributed by atoms with Crippen molar-refractivity contribution in [1.29, 1.82) is 0 Å². The van der Waals surface area contributed by atoms with Gasteiger partial charge in [-0.2, -0.15) is 0 Å². The van der Waals surface area contributed by atoms with E-state index < -0.39 is 0 Å². The minimum atomic E-state index is 0.520. The van der Waals surface area contributed by atoms with Gasteiger partial charge < -0.3 is 9.73 Å². The molecule has 1 heterocycles. The predicted molar refractivity (Wildman–Crippen MR) is 66.5 cm³/mol. The Morgan fingerprint density at radius 1 is 1.44 bits per heavy atom. The lowest BCUT2D eigenvalue weighted by Crippen LogP contribution is -2.43. The molecule has 1 atom stereocenters. The van der Waals surface area contributed by atoms with Crippen LogP contribution in [0.15, 0.2) is 23.0 Å². The van der Waals surface area contributed by atoms with Gasteiger partial charge in [0.15, 0.2) is 0 Å². The molecule has 1 aromatic rings. The second-order valence-corrected chi connectivity index (χ2v) is 5.10. The predicted octanol–water partition coefficient (Wildman–Crippen LogP) is 3.38. The number of rotatable bonds is 5. The Hall–Kier alpha value is -0.760. The number of furan rings is 1. The zero-order valence-corrected chi connectivity index (χ0v) is 10.5. The van der Waals surface area contributed by atoms with Crippen LogP contribution in [-0.4, -0.2) is 13.1 Å². The molecule has 0 radical (unpaired) electrons. The summed E-state index contributed by atoms with van der Waals surface area (Å²) < 4.78 is 5.16. The van der Waals surface area contributed by atoms with E-state index in [0.29, 0.717) is 11.5 Å². The van der Waals surface area contributed by atoms with Crippen molar-refractivity contribution in [2.75, 3.05) is 7.05 Å². The number of hydrogen-bond acceptors (Lipinski definition) is 2. The molecule has 0 bridgehead atoms. The third kappa shape index (κ3) is 2.17. The summed E-state index contributed by atoms with van der Waals surface area (Å²) in [6, 6.07) is 2.68. The average molecular weight is 221 g/mol. The van der Waals surface area contributed by atoms with Crippen LogP contribution < -0.4 is 5.32 Å². The lowest BCUT2D eigenvalue weighted by Gasteiger charge is -2.36. The van der Waals surface area contributed by atoms with Gasteiger partial charge in [-0.1, -0.05) is 19.8 Å². The summed E-state index contributed by atoms with van der Waals surface area (Å²) in [5, 5.41) is 3.53. The van der Waals surface area contributed by atoms with Crippen molar-refractivity contribution in [2.45, 2.75) is 51.5 Å². The molecule has 0 spiro atoms. The van der Waals surface area contributed by atoms with Gasteiger partial charge in [0.1, 0.15) is 0 Å². The maximum atomic E-state index is 5.16. The third-order valence-electron chi connectivity index (χ3n) is 4.41. The van der Waals surface area contributed by atoms with Gasteiger partial charge in [-0.15, -0.1) is 0 Å². The van der Waals surface area contributed by atoms with E-state index in [2.05, 4.69) is 25.4 Å². The molecule has 90 valence electrons. The molecule has 2 nitrogen and oxygen atoms in total. The molecule has 1 aliphatic carbocycles. The van der Waals surface area contributed by atoms with Gasteiger partial charge in [-0.05, 0) is 49.8 Å². The van der Waals surface area contributed by atoms with Crippen molar-refractivity contribution in [1.82, 2.24) is 5.32 Å². The fourth-order valence-electron chi connectivity index (χ4n) is 3.30. The van der Waals surface area contributed by atoms with E-state index in [1.807, 2.05) is 6.26 Å². The molecular weight excluding hydrogens is 198 g/mol. The summed E-state index contributed by atoms with van der Waals surface area (Å²) in [5.74, 6) is 0. The Kier molecular flexibility index (Phi) is 3.70. The first-order chi connectivity index (χ1) is 7.80. The SMILES string of the molecule is CCC1(C(Cc2ccoc2)NC)CCCC1. The van der Waals surface area contributed by atoms with E-state index in [1.165, 1.54) is 37.7 Å². The van der Waals surface area contributed by atoms with Crippen LogP contribution in [0, 0.1) is 5.41 Å². The van der Waals surface area contributed by atoms with Crippen molar-refractivity contribution in [2.24, 2.45) is 5.41 Å². The summed E-state index contributed by atoms with van der Waals surface area (Å²) >= 11 is 0. The number of hydrogen-bond donors (Lipinski definition) is 1. The fourth-order valence-corrected chi connectivity index (χ4v) is 3.30. The maximum Gasteiger partial charge on any atom is 0.0935 e. The van der Waals surface area contributed by atoms with Crippen molar-refractivity contribution < 1.29 is 4.42 Å². The summed E-state index contributed by atoms with van der Waals surface area (Å²) in [4.78, 5) is 0. The topological polar surface area (TPSA) is 25.2 Å². The van der Waals surface area contributed by atoms with Crippen LogP contribution in [0.25, 0.3) is 0 Å². The fraction of sp³-hybridized carbons (Fsp3) is 0.714. The van der Waals surface area contributed by atoms with Crippen LogP contribution in [0.4, 0.5) is 0 Å². The first kappa shape index (κ1) is 11.7. The van der Waals surface area contributed by atoms with Gasteiger partial charge in [0.2, 0.25) is 0 Å². The monoisotopic (exact) mass is 221 g/mol. The lowest BCUT2D eigenvalue weighted by molar-refractivity contribution is 0.192. The van der Waals surface area contributed by atoms with Crippen LogP contribution in [0.5, 0.6) is 0 Å². The van der Waals surface area contributed by atoms with Gasteiger partial charge in [0.05, 0.1) is 12.5 Å². The Morgan fingerprint density at radius 2 is 2.19 bits per heavy atom. The average Bonchev–Trinajstić information content (AvgIpc) is 2.97. The van der Waals surface area contributed by atoms with Crippen LogP contribution in [0.3, 0.4) is 0 Å². The molecule has 1 saturated carbocycles. The van der Waals surface area contributed by atoms with Gasteiger partial charge in [-0.25, -0.2) is 0 Å². The van der Waals surface area contributed by atoms with E-state index in [-0.39, 0.29) is 0 Å². The number of nitrogens with one attached hydrogen (secondary N) is 1. The molecule has 1 aliphatic rings. The minimum absolute atomic E-state index is 0.520. The molecular formula is C14H23NO. The number of likely N-dealkylation sites (N-methyl/N-ethyl adjacent to an activating group) is 1. The van der Waals surface area contributed by atoms with Gasteiger partial charge in [0.25, 0.3) is 0 Å². The molecule has 2 rings (SSSR count). The Morgan fingerprint density at radius 3 is 2.69 bits per heavy atom. The highest BCUT2D eigenvalue weighted by atomic mass is 16.3. The summed E-state index contributed by atoms with van der Waals surface area (Å²) in [7, 11) is 2.10. The van der Waals surface area contributed by atoms with Crippen molar-refractivity contribution >= 4 is 0 Å². The van der Waals surface area contributed by atoms with Crippen molar-refractivity contribution in [3.05, 3.63) is 24.2 Å². The molecule has 2 heteroatoms. The van der Waals surface area contributed by atoms with Gasteiger partial charge >= 0.3 is 0 Å². The molecule has 1 aromatic heterocycles. The Balaban J connectivity index is 2.08. The zero-order chi connectivity index (χ0) is 11.4. The largest absolute Gasteiger partial charge is 0.472 e. The van der Waals surface area contributed by atoms with Gasteiger partial charge in [0, 0.05) is 6.04 Å². The van der Waals surface area contributed by atoms with E-state index in [4.69, 9.17) is 4.42 Å². The normalized spacial score (nSPS) is 21.1. The molecule has 1 unspecified atom stereocenters. The van der Waals surface area contributed by atoms with E-state index in [9.17, 15) is 0 Å². The quantitative estimate of drug-likeness (QED) is 0.824. The Bertz CT molecular complexity index is 299. The van der Waals surface area contributed by atoms with E-state index in [0.717, 1.165) is 6.42 Å². The highest BCUT2D eigenvalue weighted by molar-refractivity contribution is 5.10. The van der Waals surface area contributed by atoms with Crippen molar-refractivity contribution in [3.8, 4) is 0 Å². The van der Waals surface area contributed by atoms with Crippen LogP contribution in [0.1, 0.15) is 44.6 Å². The molecule has 0 saturated heterocycles. The summed E-state index contributed by atoms with van der Waals surface area (Å²) in [6.45, 7) is 2.34. The minimum Gasteiger partial charge on any atom is -0.472 e. The standard InChI is InChI=1S/C14H23NO/c1-3-14(7-4-5-8-14)13(15-2)10-12-6-9-16-11-12/h6,9,11,13,15H,3-5,7-8,10H2,1-2H3. The first-order valence-corrected chi connectivity index (χ1v) is 6.49. The smallest absolute Gasteiger partial charge is 0.0935 e. The van der Waals surface area contributed by atoms with Crippen LogP contribution >= 0.6 is 0 Å². The van der Waals surface area contributed by atoms with Gasteiger partial charge in [-0.3, -0.25) is 0 Å². The Labute approximate surface area is 98.4 Å². The second kappa shape index (κ2) is 5.05. The van der Waals surface area contributed by atoms with Crippen LogP contribution in [-0.2, 0) is 6.42 Å². The molecule has 0 aliphatic heterocycles. The lowest BCUT2D eigenvalue weighted by atomic mass is 9.74. The molecule has 0 aromatic carbocycles. The first-order valence-electron chi connectivity index (χ1n) is 6.49.